The maximum Gasteiger partial charge on any atom is 0.338 e. The van der Waals surface area contributed by atoms with Crippen LogP contribution in [0.3, 0.4) is 0 Å². The van der Waals surface area contributed by atoms with Crippen molar-refractivity contribution in [2.24, 2.45) is 0 Å². The molecule has 0 aliphatic heterocycles. The molecule has 0 unspecified atom stereocenters. The molecule has 0 bridgehead atoms. The fourth-order valence-electron chi connectivity index (χ4n) is 2.71. The summed E-state index contributed by atoms with van der Waals surface area (Å²) in [6, 6.07) is 8.91. The summed E-state index contributed by atoms with van der Waals surface area (Å²) in [5.74, 6) is -0.902. The highest BCUT2D eigenvalue weighted by Gasteiger charge is 2.14. The molecule has 2 N–H and O–H groups in total. The molecule has 0 aliphatic rings. The van der Waals surface area contributed by atoms with E-state index in [2.05, 4.69) is 10.4 Å². The Bertz CT molecular complexity index is 1160. The highest BCUT2D eigenvalue weighted by atomic mass is 35.5. The summed E-state index contributed by atoms with van der Waals surface area (Å²) in [6.45, 7) is 1.92. The summed E-state index contributed by atoms with van der Waals surface area (Å²) in [5.41, 5.74) is 0.688. The minimum Gasteiger partial charge on any atom is -0.478 e. The smallest absolute Gasteiger partial charge is 0.338 e. The van der Waals surface area contributed by atoms with Gasteiger partial charge in [0.25, 0.3) is 5.69 Å². The third-order valence-electron chi connectivity index (χ3n) is 4.20. The van der Waals surface area contributed by atoms with Gasteiger partial charge in [-0.05, 0) is 30.7 Å². The zero-order chi connectivity index (χ0) is 22.5. The first-order chi connectivity index (χ1) is 14.7. The number of carbonyl (C=O) groups is 2. The first-order valence-corrected chi connectivity index (χ1v) is 9.38. The van der Waals surface area contributed by atoms with Gasteiger partial charge in [0.2, 0.25) is 5.91 Å². The Morgan fingerprint density at radius 1 is 1.29 bits per heavy atom. The Hall–Kier alpha value is -3.92. The van der Waals surface area contributed by atoms with Crippen LogP contribution in [0, 0.1) is 17.0 Å². The second kappa shape index (κ2) is 9.26. The minimum absolute atomic E-state index is 0.0124. The summed E-state index contributed by atoms with van der Waals surface area (Å²) in [6.07, 6.45) is 2.47. The molecular formula is C20H17ClN4O6. The van der Waals surface area contributed by atoms with E-state index in [9.17, 15) is 19.7 Å². The van der Waals surface area contributed by atoms with Gasteiger partial charge in [0, 0.05) is 36.3 Å². The zero-order valence-corrected chi connectivity index (χ0v) is 17.0. The van der Waals surface area contributed by atoms with Crippen LogP contribution in [0.25, 0.3) is 0 Å². The summed E-state index contributed by atoms with van der Waals surface area (Å²) in [7, 11) is 0. The van der Waals surface area contributed by atoms with Crippen molar-refractivity contribution in [1.29, 1.82) is 0 Å². The monoisotopic (exact) mass is 444 g/mol. The largest absolute Gasteiger partial charge is 0.478 e. The predicted octanol–water partition coefficient (Wildman–Crippen LogP) is 4.27. The number of aromatic carboxylic acids is 1. The van der Waals surface area contributed by atoms with Gasteiger partial charge in [0.1, 0.15) is 11.5 Å². The van der Waals surface area contributed by atoms with Crippen LogP contribution < -0.4 is 10.1 Å². The zero-order valence-electron chi connectivity index (χ0n) is 16.2. The maximum atomic E-state index is 12.3. The van der Waals surface area contributed by atoms with Crippen molar-refractivity contribution < 1.29 is 24.4 Å². The lowest BCUT2D eigenvalue weighted by atomic mass is 10.2. The number of benzene rings is 2. The van der Waals surface area contributed by atoms with Gasteiger partial charge in [-0.3, -0.25) is 19.6 Å². The SMILES string of the molecule is Cc1cc(Cl)ccc1Oc1cc(NC(=O)CCn2cc(C(=O)O)cn2)cc([N+](=O)[O-])c1. The molecule has 0 saturated carbocycles. The molecule has 3 aromatic rings. The number of nitro benzene ring substituents is 1. The highest BCUT2D eigenvalue weighted by molar-refractivity contribution is 6.30. The maximum absolute atomic E-state index is 12.3. The van der Waals surface area contributed by atoms with Crippen molar-refractivity contribution in [3.8, 4) is 11.5 Å². The number of carbonyl (C=O) groups excluding carboxylic acids is 1. The fraction of sp³-hybridized carbons (Fsp3) is 0.150. The molecule has 10 nitrogen and oxygen atoms in total. The number of halogens is 1. The van der Waals surface area contributed by atoms with Gasteiger partial charge in [-0.25, -0.2) is 4.79 Å². The molecule has 2 aromatic carbocycles. The van der Waals surface area contributed by atoms with Crippen LogP contribution in [0.15, 0.2) is 48.8 Å². The van der Waals surface area contributed by atoms with E-state index >= 15 is 0 Å². The van der Waals surface area contributed by atoms with Gasteiger partial charge >= 0.3 is 5.97 Å². The van der Waals surface area contributed by atoms with Gasteiger partial charge < -0.3 is 15.2 Å². The summed E-state index contributed by atoms with van der Waals surface area (Å²) in [4.78, 5) is 33.8. The molecule has 0 fully saturated rings. The number of rotatable bonds is 8. The lowest BCUT2D eigenvalue weighted by Crippen LogP contribution is -2.15. The average molecular weight is 445 g/mol. The number of carboxylic acid groups (broad SMARTS) is 1. The Labute approximate surface area is 181 Å². The Morgan fingerprint density at radius 2 is 2.06 bits per heavy atom. The summed E-state index contributed by atoms with van der Waals surface area (Å²) >= 11 is 5.93. The van der Waals surface area contributed by atoms with E-state index in [0.29, 0.717) is 10.8 Å². The number of nitro groups is 1. The fourth-order valence-corrected chi connectivity index (χ4v) is 2.94. The molecule has 160 valence electrons. The Kier molecular flexibility index (Phi) is 6.51. The standard InChI is InChI=1S/C20H17ClN4O6/c1-12-6-14(21)2-3-18(12)31-17-8-15(7-16(9-17)25(29)30)23-19(26)4-5-24-11-13(10-22-24)20(27)28/h2-3,6-11H,4-5H2,1H3,(H,23,26)(H,27,28). The van der Waals surface area contributed by atoms with Gasteiger partial charge in [-0.1, -0.05) is 11.6 Å². The van der Waals surface area contributed by atoms with Crippen LogP contribution in [0.5, 0.6) is 11.5 Å². The predicted molar refractivity (Wildman–Crippen MR) is 112 cm³/mol. The first-order valence-electron chi connectivity index (χ1n) is 9.00. The number of aryl methyl sites for hydroxylation is 2. The van der Waals surface area contributed by atoms with Crippen molar-refractivity contribution in [3.05, 3.63) is 75.1 Å². The quantitative estimate of drug-likeness (QED) is 0.391. The molecule has 1 aromatic heterocycles. The van der Waals surface area contributed by atoms with Gasteiger partial charge in [-0.2, -0.15) is 5.10 Å². The van der Waals surface area contributed by atoms with Crippen LogP contribution in [0.4, 0.5) is 11.4 Å². The topological polar surface area (TPSA) is 137 Å². The van der Waals surface area contributed by atoms with Crippen LogP contribution in [-0.4, -0.2) is 31.7 Å². The lowest BCUT2D eigenvalue weighted by molar-refractivity contribution is -0.384. The molecule has 11 heteroatoms. The van der Waals surface area contributed by atoms with Crippen molar-refractivity contribution in [1.82, 2.24) is 9.78 Å². The van der Waals surface area contributed by atoms with Crippen LogP contribution in [0.2, 0.25) is 5.02 Å². The van der Waals surface area contributed by atoms with E-state index in [0.717, 1.165) is 5.56 Å². The lowest BCUT2D eigenvalue weighted by Gasteiger charge is -2.11. The minimum atomic E-state index is -1.12. The number of anilines is 1. The number of hydrogen-bond acceptors (Lipinski definition) is 6. The van der Waals surface area contributed by atoms with Crippen molar-refractivity contribution >= 4 is 34.9 Å². The highest BCUT2D eigenvalue weighted by Crippen LogP contribution is 2.32. The van der Waals surface area contributed by atoms with Crippen molar-refractivity contribution in [2.75, 3.05) is 5.32 Å². The number of non-ortho nitro benzene ring substituents is 1. The Morgan fingerprint density at radius 3 is 2.71 bits per heavy atom. The van der Waals surface area contributed by atoms with E-state index in [1.54, 1.807) is 25.1 Å². The number of hydrogen-bond donors (Lipinski definition) is 2. The van der Waals surface area contributed by atoms with Gasteiger partial charge in [-0.15, -0.1) is 0 Å². The third-order valence-corrected chi connectivity index (χ3v) is 4.43. The van der Waals surface area contributed by atoms with E-state index in [-0.39, 0.29) is 35.7 Å². The van der Waals surface area contributed by atoms with Crippen molar-refractivity contribution in [2.45, 2.75) is 19.9 Å². The van der Waals surface area contributed by atoms with Gasteiger partial charge in [0.15, 0.2) is 0 Å². The number of ether oxygens (including phenoxy) is 1. The molecular weight excluding hydrogens is 428 g/mol. The molecule has 1 heterocycles. The third kappa shape index (κ3) is 5.80. The summed E-state index contributed by atoms with van der Waals surface area (Å²) in [5, 5.41) is 27.2. The molecule has 0 radical (unpaired) electrons. The number of nitrogens with one attached hydrogen (secondary N) is 1. The van der Waals surface area contributed by atoms with Crippen molar-refractivity contribution in [3.63, 3.8) is 0 Å². The van der Waals surface area contributed by atoms with Crippen LogP contribution in [0.1, 0.15) is 22.3 Å². The van der Waals surface area contributed by atoms with E-state index < -0.39 is 16.8 Å². The molecule has 0 aliphatic carbocycles. The molecule has 3 rings (SSSR count). The number of aromatic nitrogens is 2. The van der Waals surface area contributed by atoms with Crippen LogP contribution in [-0.2, 0) is 11.3 Å². The average Bonchev–Trinajstić information content (AvgIpc) is 3.18. The molecule has 0 saturated heterocycles. The molecule has 31 heavy (non-hydrogen) atoms. The van der Waals surface area contributed by atoms with Gasteiger partial charge in [0.05, 0.1) is 28.4 Å². The van der Waals surface area contributed by atoms with E-state index in [1.807, 2.05) is 0 Å². The Balaban J connectivity index is 1.72. The summed E-state index contributed by atoms with van der Waals surface area (Å²) < 4.78 is 7.08. The van der Waals surface area contributed by atoms with Crippen LogP contribution >= 0.6 is 11.6 Å². The molecule has 1 amide bonds. The number of nitrogens with zero attached hydrogens (tertiary/aromatic N) is 3. The number of amides is 1. The second-order valence-electron chi connectivity index (χ2n) is 6.58. The van der Waals surface area contributed by atoms with E-state index in [1.165, 1.54) is 35.3 Å². The first kappa shape index (κ1) is 21.8. The number of carboxylic acids is 1. The second-order valence-corrected chi connectivity index (χ2v) is 7.02. The molecule has 0 atom stereocenters. The normalized spacial score (nSPS) is 10.5. The molecule has 0 spiro atoms. The van der Waals surface area contributed by atoms with E-state index in [4.69, 9.17) is 21.4 Å².